The lowest BCUT2D eigenvalue weighted by Crippen LogP contribution is -2.52. The Labute approximate surface area is 89.0 Å². The second-order valence-corrected chi connectivity index (χ2v) is 3.52. The Kier molecular flexibility index (Phi) is 3.02. The standard InChI is InChI=1S/C12H14O3/c1-2-14-11-8-10(13)12(11)15-9-6-4-3-5-7-9/h3-7,11-12H,2,8H2,1H3/t11-,12+/m1/s1. The van der Waals surface area contributed by atoms with Gasteiger partial charge in [0.1, 0.15) is 11.9 Å². The Morgan fingerprint density at radius 3 is 2.67 bits per heavy atom. The van der Waals surface area contributed by atoms with E-state index in [4.69, 9.17) is 9.47 Å². The first-order valence-corrected chi connectivity index (χ1v) is 5.17. The number of ether oxygens (including phenoxy) is 2. The van der Waals surface area contributed by atoms with E-state index in [0.29, 0.717) is 13.0 Å². The van der Waals surface area contributed by atoms with Crippen LogP contribution >= 0.6 is 0 Å². The van der Waals surface area contributed by atoms with Gasteiger partial charge in [-0.2, -0.15) is 0 Å². The highest BCUT2D eigenvalue weighted by Crippen LogP contribution is 2.25. The van der Waals surface area contributed by atoms with Crippen LogP contribution in [0.15, 0.2) is 30.3 Å². The molecule has 0 N–H and O–H groups in total. The molecule has 3 nitrogen and oxygen atoms in total. The van der Waals surface area contributed by atoms with Crippen molar-refractivity contribution in [2.75, 3.05) is 6.61 Å². The molecule has 0 unspecified atom stereocenters. The highest BCUT2D eigenvalue weighted by Gasteiger charge is 2.42. The maximum absolute atomic E-state index is 11.3. The summed E-state index contributed by atoms with van der Waals surface area (Å²) in [5.74, 6) is 0.845. The number of carbonyl (C=O) groups excluding carboxylic acids is 1. The summed E-state index contributed by atoms with van der Waals surface area (Å²) in [4.78, 5) is 11.3. The van der Waals surface area contributed by atoms with Crippen molar-refractivity contribution in [1.82, 2.24) is 0 Å². The Bertz CT molecular complexity index is 334. The second-order valence-electron chi connectivity index (χ2n) is 3.52. The number of hydrogen-bond donors (Lipinski definition) is 0. The molecule has 0 aromatic heterocycles. The Hall–Kier alpha value is -1.35. The minimum Gasteiger partial charge on any atom is -0.480 e. The normalized spacial score (nSPS) is 24.7. The van der Waals surface area contributed by atoms with E-state index in [1.165, 1.54) is 0 Å². The largest absolute Gasteiger partial charge is 0.480 e. The molecule has 3 heteroatoms. The number of rotatable bonds is 4. The van der Waals surface area contributed by atoms with E-state index in [2.05, 4.69) is 0 Å². The van der Waals surface area contributed by atoms with Gasteiger partial charge in [0.25, 0.3) is 0 Å². The van der Waals surface area contributed by atoms with Crippen molar-refractivity contribution in [2.24, 2.45) is 0 Å². The molecule has 1 aromatic rings. The average Bonchev–Trinajstić information content (AvgIpc) is 2.27. The fourth-order valence-electron chi connectivity index (χ4n) is 1.62. The maximum atomic E-state index is 11.3. The van der Waals surface area contributed by atoms with Crippen LogP contribution in [0.4, 0.5) is 0 Å². The van der Waals surface area contributed by atoms with Gasteiger partial charge in [-0.05, 0) is 19.1 Å². The summed E-state index contributed by atoms with van der Waals surface area (Å²) in [6, 6.07) is 9.36. The smallest absolute Gasteiger partial charge is 0.183 e. The van der Waals surface area contributed by atoms with Crippen molar-refractivity contribution in [2.45, 2.75) is 25.6 Å². The third-order valence-electron chi connectivity index (χ3n) is 2.44. The Morgan fingerprint density at radius 2 is 2.07 bits per heavy atom. The van der Waals surface area contributed by atoms with Gasteiger partial charge in [0.2, 0.25) is 0 Å². The average molecular weight is 206 g/mol. The minimum atomic E-state index is -0.410. The molecule has 0 saturated heterocycles. The SMILES string of the molecule is CCO[C@@H]1CC(=O)[C@@H]1Oc1ccccc1. The summed E-state index contributed by atoms with van der Waals surface area (Å²) in [7, 11) is 0. The summed E-state index contributed by atoms with van der Waals surface area (Å²) >= 11 is 0. The molecule has 1 aromatic carbocycles. The van der Waals surface area contributed by atoms with E-state index in [9.17, 15) is 4.79 Å². The molecule has 2 atom stereocenters. The first-order chi connectivity index (χ1) is 7.31. The van der Waals surface area contributed by atoms with E-state index in [-0.39, 0.29) is 11.9 Å². The van der Waals surface area contributed by atoms with Crippen molar-refractivity contribution in [3.63, 3.8) is 0 Å². The van der Waals surface area contributed by atoms with Crippen LogP contribution in [-0.4, -0.2) is 24.6 Å². The van der Waals surface area contributed by atoms with Gasteiger partial charge in [-0.3, -0.25) is 4.79 Å². The summed E-state index contributed by atoms with van der Waals surface area (Å²) in [6.45, 7) is 2.54. The molecule has 15 heavy (non-hydrogen) atoms. The van der Waals surface area contributed by atoms with Gasteiger partial charge >= 0.3 is 0 Å². The summed E-state index contributed by atoms with van der Waals surface area (Å²) in [5, 5.41) is 0. The number of benzene rings is 1. The molecule has 0 spiro atoms. The lowest BCUT2D eigenvalue weighted by Gasteiger charge is -2.34. The molecule has 2 rings (SSSR count). The molecular weight excluding hydrogens is 192 g/mol. The van der Waals surface area contributed by atoms with Crippen LogP contribution in [0.3, 0.4) is 0 Å². The number of para-hydroxylation sites is 1. The van der Waals surface area contributed by atoms with Gasteiger partial charge in [0.15, 0.2) is 11.9 Å². The lowest BCUT2D eigenvalue weighted by atomic mass is 9.90. The number of carbonyl (C=O) groups is 1. The maximum Gasteiger partial charge on any atom is 0.183 e. The van der Waals surface area contributed by atoms with Crippen molar-refractivity contribution in [3.8, 4) is 5.75 Å². The topological polar surface area (TPSA) is 35.5 Å². The zero-order chi connectivity index (χ0) is 10.7. The molecule has 0 heterocycles. The van der Waals surface area contributed by atoms with Crippen molar-refractivity contribution in [1.29, 1.82) is 0 Å². The van der Waals surface area contributed by atoms with E-state index < -0.39 is 6.10 Å². The van der Waals surface area contributed by atoms with Gasteiger partial charge in [0.05, 0.1) is 0 Å². The summed E-state index contributed by atoms with van der Waals surface area (Å²) in [5.41, 5.74) is 0. The zero-order valence-corrected chi connectivity index (χ0v) is 8.68. The molecule has 0 aliphatic heterocycles. The summed E-state index contributed by atoms with van der Waals surface area (Å²) in [6.07, 6.45) is 0.000720. The van der Waals surface area contributed by atoms with Gasteiger partial charge < -0.3 is 9.47 Å². The number of ketones is 1. The highest BCUT2D eigenvalue weighted by atomic mass is 16.5. The molecular formula is C12H14O3. The monoisotopic (exact) mass is 206 g/mol. The predicted octanol–water partition coefficient (Wildman–Crippen LogP) is 1.81. The first-order valence-electron chi connectivity index (χ1n) is 5.17. The van der Waals surface area contributed by atoms with Crippen LogP contribution in [0.2, 0.25) is 0 Å². The fourth-order valence-corrected chi connectivity index (χ4v) is 1.62. The van der Waals surface area contributed by atoms with E-state index >= 15 is 0 Å². The number of Topliss-reactive ketones (excluding diaryl/α,β-unsaturated/α-hetero) is 1. The predicted molar refractivity (Wildman–Crippen MR) is 55.9 cm³/mol. The molecule has 1 fully saturated rings. The van der Waals surface area contributed by atoms with Crippen LogP contribution in [0.25, 0.3) is 0 Å². The molecule has 1 aliphatic carbocycles. The van der Waals surface area contributed by atoms with Gasteiger partial charge in [-0.1, -0.05) is 18.2 Å². The van der Waals surface area contributed by atoms with Crippen LogP contribution in [0.5, 0.6) is 5.75 Å². The number of hydrogen-bond acceptors (Lipinski definition) is 3. The van der Waals surface area contributed by atoms with E-state index in [1.807, 2.05) is 37.3 Å². The van der Waals surface area contributed by atoms with Crippen LogP contribution < -0.4 is 4.74 Å². The van der Waals surface area contributed by atoms with Crippen LogP contribution in [-0.2, 0) is 9.53 Å². The summed E-state index contributed by atoms with van der Waals surface area (Å²) < 4.78 is 10.9. The van der Waals surface area contributed by atoms with Crippen LogP contribution in [0.1, 0.15) is 13.3 Å². The van der Waals surface area contributed by atoms with Crippen molar-refractivity contribution >= 4 is 5.78 Å². The first kappa shape index (κ1) is 10.2. The van der Waals surface area contributed by atoms with Crippen molar-refractivity contribution in [3.05, 3.63) is 30.3 Å². The Morgan fingerprint density at radius 1 is 1.33 bits per heavy atom. The third-order valence-corrected chi connectivity index (χ3v) is 2.44. The van der Waals surface area contributed by atoms with Gasteiger partial charge in [-0.25, -0.2) is 0 Å². The van der Waals surface area contributed by atoms with E-state index in [0.717, 1.165) is 5.75 Å². The Balaban J connectivity index is 1.96. The molecule has 1 aliphatic rings. The van der Waals surface area contributed by atoms with Crippen molar-refractivity contribution < 1.29 is 14.3 Å². The van der Waals surface area contributed by atoms with E-state index in [1.54, 1.807) is 0 Å². The zero-order valence-electron chi connectivity index (χ0n) is 8.68. The van der Waals surface area contributed by atoms with Crippen LogP contribution in [0, 0.1) is 0 Å². The molecule has 0 amide bonds. The fraction of sp³-hybridized carbons (Fsp3) is 0.417. The molecule has 0 bridgehead atoms. The molecule has 1 saturated carbocycles. The van der Waals surface area contributed by atoms with Gasteiger partial charge in [-0.15, -0.1) is 0 Å². The minimum absolute atomic E-state index is 0.0669. The third kappa shape index (κ3) is 2.18. The second kappa shape index (κ2) is 4.45. The molecule has 0 radical (unpaired) electrons. The lowest BCUT2D eigenvalue weighted by molar-refractivity contribution is -0.152. The quantitative estimate of drug-likeness (QED) is 0.753. The highest BCUT2D eigenvalue weighted by molar-refractivity contribution is 5.90. The van der Waals surface area contributed by atoms with Gasteiger partial charge in [0, 0.05) is 13.0 Å². The molecule has 80 valence electrons.